The number of nitrogen functional groups attached to an aromatic ring is 1. The van der Waals surface area contributed by atoms with Gasteiger partial charge in [0, 0.05) is 29.2 Å². The summed E-state index contributed by atoms with van der Waals surface area (Å²) in [5.41, 5.74) is 8.41. The van der Waals surface area contributed by atoms with Crippen molar-refractivity contribution in [2.45, 2.75) is 6.54 Å². The molecule has 1 aromatic carbocycles. The minimum absolute atomic E-state index is 0.393. The van der Waals surface area contributed by atoms with Crippen LogP contribution in [0.4, 0.5) is 5.82 Å². The fraction of sp³-hybridized carbons (Fsp3) is 0.0588. The molecule has 118 valence electrons. The van der Waals surface area contributed by atoms with Crippen LogP contribution >= 0.6 is 11.6 Å². The van der Waals surface area contributed by atoms with E-state index in [-0.39, 0.29) is 0 Å². The average molecular weight is 337 g/mol. The second-order valence-corrected chi connectivity index (χ2v) is 5.74. The molecule has 4 rings (SSSR count). The molecule has 0 fully saturated rings. The third-order valence-electron chi connectivity index (χ3n) is 3.67. The molecule has 0 radical (unpaired) electrons. The Kier molecular flexibility index (Phi) is 3.59. The van der Waals surface area contributed by atoms with Crippen LogP contribution in [0.25, 0.3) is 22.4 Å². The zero-order valence-corrected chi connectivity index (χ0v) is 13.4. The fourth-order valence-corrected chi connectivity index (χ4v) is 2.68. The number of nitrogens with zero attached hydrogens (tertiary/aromatic N) is 5. The highest BCUT2D eigenvalue weighted by atomic mass is 35.5. The van der Waals surface area contributed by atoms with Gasteiger partial charge in [-0.05, 0) is 23.8 Å². The molecule has 0 bridgehead atoms. The molecular formula is C17H13ClN6. The summed E-state index contributed by atoms with van der Waals surface area (Å²) < 4.78 is 1.77. The van der Waals surface area contributed by atoms with E-state index in [2.05, 4.69) is 20.1 Å². The number of hydrogen-bond donors (Lipinski definition) is 1. The first-order chi connectivity index (χ1) is 11.7. The number of aromatic nitrogens is 5. The molecule has 2 N–H and O–H groups in total. The van der Waals surface area contributed by atoms with Crippen LogP contribution in [0.5, 0.6) is 0 Å². The van der Waals surface area contributed by atoms with Gasteiger partial charge in [-0.25, -0.2) is 9.97 Å². The summed E-state index contributed by atoms with van der Waals surface area (Å²) in [6, 6.07) is 11.4. The molecule has 24 heavy (non-hydrogen) atoms. The zero-order chi connectivity index (χ0) is 16.5. The van der Waals surface area contributed by atoms with Crippen LogP contribution < -0.4 is 5.73 Å². The molecule has 3 heterocycles. The highest BCUT2D eigenvalue weighted by Gasteiger charge is 2.12. The topological polar surface area (TPSA) is 82.5 Å². The highest BCUT2D eigenvalue weighted by molar-refractivity contribution is 6.31. The van der Waals surface area contributed by atoms with Gasteiger partial charge in [0.15, 0.2) is 11.5 Å². The van der Waals surface area contributed by atoms with Crippen LogP contribution in [0.15, 0.2) is 55.0 Å². The first kappa shape index (κ1) is 14.6. The minimum atomic E-state index is 0.393. The number of hydrogen-bond acceptors (Lipinski definition) is 5. The number of anilines is 1. The Hall–Kier alpha value is -2.99. The molecule has 0 saturated heterocycles. The van der Waals surface area contributed by atoms with Crippen LogP contribution in [-0.4, -0.2) is 24.7 Å². The summed E-state index contributed by atoms with van der Waals surface area (Å²) in [7, 11) is 0. The van der Waals surface area contributed by atoms with Crippen molar-refractivity contribution in [1.29, 1.82) is 0 Å². The van der Waals surface area contributed by atoms with E-state index in [0.717, 1.165) is 16.5 Å². The first-order valence-electron chi connectivity index (χ1n) is 7.35. The lowest BCUT2D eigenvalue weighted by Crippen LogP contribution is -2.00. The summed E-state index contributed by atoms with van der Waals surface area (Å²) in [5, 5.41) is 5.92. The molecule has 0 unspecified atom stereocenters. The Balaban J connectivity index is 1.76. The molecule has 4 aromatic rings. The van der Waals surface area contributed by atoms with Gasteiger partial charge in [-0.1, -0.05) is 29.8 Å². The molecule has 0 amide bonds. The van der Waals surface area contributed by atoms with Crippen LogP contribution in [0.2, 0.25) is 5.02 Å². The van der Waals surface area contributed by atoms with Gasteiger partial charge in [-0.2, -0.15) is 5.10 Å². The average Bonchev–Trinajstić information content (AvgIpc) is 3.01. The normalized spacial score (nSPS) is 11.0. The lowest BCUT2D eigenvalue weighted by Gasteiger charge is -2.03. The van der Waals surface area contributed by atoms with Crippen molar-refractivity contribution >= 4 is 28.5 Å². The SMILES string of the molecule is Nc1nc(-c2cccnc2)nc2nn(Cc3ccccc3Cl)cc12. The standard InChI is InChI=1S/C17H13ClN6/c18-14-6-2-1-4-12(14)9-24-10-13-15(19)21-16(22-17(13)23-24)11-5-3-7-20-8-11/h1-8,10H,9H2,(H2,19,21,22,23). The molecule has 6 nitrogen and oxygen atoms in total. The maximum Gasteiger partial charge on any atom is 0.186 e. The van der Waals surface area contributed by atoms with E-state index in [1.54, 1.807) is 17.1 Å². The molecule has 7 heteroatoms. The summed E-state index contributed by atoms with van der Waals surface area (Å²) in [4.78, 5) is 12.9. The second-order valence-electron chi connectivity index (χ2n) is 5.33. The number of fused-ring (bicyclic) bond motifs is 1. The summed E-state index contributed by atoms with van der Waals surface area (Å²) in [6.45, 7) is 0.539. The summed E-state index contributed by atoms with van der Waals surface area (Å²) in [6.07, 6.45) is 5.23. The molecule has 0 saturated carbocycles. The van der Waals surface area contributed by atoms with Gasteiger partial charge in [0.05, 0.1) is 11.9 Å². The van der Waals surface area contributed by atoms with Crippen LogP contribution in [0.1, 0.15) is 5.56 Å². The first-order valence-corrected chi connectivity index (χ1v) is 7.73. The zero-order valence-electron chi connectivity index (χ0n) is 12.6. The Labute approximate surface area is 143 Å². The van der Waals surface area contributed by atoms with Gasteiger partial charge in [-0.3, -0.25) is 9.67 Å². The van der Waals surface area contributed by atoms with Crippen LogP contribution in [-0.2, 0) is 6.54 Å². The van der Waals surface area contributed by atoms with Crippen molar-refractivity contribution in [3.8, 4) is 11.4 Å². The van der Waals surface area contributed by atoms with Crippen molar-refractivity contribution in [3.05, 3.63) is 65.6 Å². The summed E-state index contributed by atoms with van der Waals surface area (Å²) >= 11 is 6.21. The highest BCUT2D eigenvalue weighted by Crippen LogP contribution is 2.23. The molecule has 0 aliphatic heterocycles. The number of halogens is 1. The predicted octanol–water partition coefficient (Wildman–Crippen LogP) is 3.17. The number of rotatable bonds is 3. The Morgan fingerprint density at radius 1 is 1.08 bits per heavy atom. The number of benzene rings is 1. The Morgan fingerprint density at radius 2 is 1.96 bits per heavy atom. The van der Waals surface area contributed by atoms with E-state index < -0.39 is 0 Å². The van der Waals surface area contributed by atoms with Crippen molar-refractivity contribution in [1.82, 2.24) is 24.7 Å². The lowest BCUT2D eigenvalue weighted by atomic mass is 10.2. The maximum atomic E-state index is 6.21. The smallest absolute Gasteiger partial charge is 0.186 e. The van der Waals surface area contributed by atoms with E-state index in [4.69, 9.17) is 17.3 Å². The van der Waals surface area contributed by atoms with Gasteiger partial charge < -0.3 is 5.73 Å². The third kappa shape index (κ3) is 2.68. The molecule has 3 aromatic heterocycles. The van der Waals surface area contributed by atoms with Gasteiger partial charge in [0.1, 0.15) is 5.82 Å². The number of pyridine rings is 1. The monoisotopic (exact) mass is 336 g/mol. The van der Waals surface area contributed by atoms with Gasteiger partial charge >= 0.3 is 0 Å². The van der Waals surface area contributed by atoms with Crippen molar-refractivity contribution < 1.29 is 0 Å². The van der Waals surface area contributed by atoms with Crippen LogP contribution in [0.3, 0.4) is 0 Å². The van der Waals surface area contributed by atoms with Crippen molar-refractivity contribution in [2.75, 3.05) is 5.73 Å². The van der Waals surface area contributed by atoms with Crippen molar-refractivity contribution in [2.24, 2.45) is 0 Å². The van der Waals surface area contributed by atoms with Crippen molar-refractivity contribution in [3.63, 3.8) is 0 Å². The van der Waals surface area contributed by atoms with Crippen LogP contribution in [0, 0.1) is 0 Å². The lowest BCUT2D eigenvalue weighted by molar-refractivity contribution is 0.693. The minimum Gasteiger partial charge on any atom is -0.383 e. The van der Waals surface area contributed by atoms with Gasteiger partial charge in [0.25, 0.3) is 0 Å². The molecular weight excluding hydrogens is 324 g/mol. The predicted molar refractivity (Wildman–Crippen MR) is 93.5 cm³/mol. The van der Waals surface area contributed by atoms with E-state index in [1.807, 2.05) is 42.6 Å². The summed E-state index contributed by atoms with van der Waals surface area (Å²) in [5.74, 6) is 0.903. The molecule has 0 aliphatic carbocycles. The van der Waals surface area contributed by atoms with E-state index in [1.165, 1.54) is 0 Å². The molecule has 0 atom stereocenters. The van der Waals surface area contributed by atoms with Gasteiger partial charge in [0.2, 0.25) is 0 Å². The quantitative estimate of drug-likeness (QED) is 0.621. The Bertz CT molecular complexity index is 1010. The molecule has 0 spiro atoms. The largest absolute Gasteiger partial charge is 0.383 e. The van der Waals surface area contributed by atoms with E-state index in [0.29, 0.717) is 28.9 Å². The van der Waals surface area contributed by atoms with E-state index >= 15 is 0 Å². The third-order valence-corrected chi connectivity index (χ3v) is 4.03. The second kappa shape index (κ2) is 5.90. The Morgan fingerprint density at radius 3 is 2.75 bits per heavy atom. The van der Waals surface area contributed by atoms with Gasteiger partial charge in [-0.15, -0.1) is 0 Å². The fourth-order valence-electron chi connectivity index (χ4n) is 2.48. The maximum absolute atomic E-state index is 6.21. The molecule has 0 aliphatic rings. The van der Waals surface area contributed by atoms with E-state index in [9.17, 15) is 0 Å². The number of nitrogens with two attached hydrogens (primary N) is 1.